The van der Waals surface area contributed by atoms with E-state index in [1.807, 2.05) is 12.1 Å². The van der Waals surface area contributed by atoms with Crippen molar-refractivity contribution in [1.29, 1.82) is 0 Å². The van der Waals surface area contributed by atoms with Crippen LogP contribution in [0.5, 0.6) is 0 Å². The highest BCUT2D eigenvalue weighted by molar-refractivity contribution is 7.88. The van der Waals surface area contributed by atoms with Gasteiger partial charge < -0.3 is 9.88 Å². The predicted molar refractivity (Wildman–Crippen MR) is 96.1 cm³/mol. The van der Waals surface area contributed by atoms with Gasteiger partial charge in [-0.1, -0.05) is 18.2 Å². The van der Waals surface area contributed by atoms with E-state index in [0.29, 0.717) is 42.4 Å². The van der Waals surface area contributed by atoms with Gasteiger partial charge in [-0.05, 0) is 18.9 Å². The highest BCUT2D eigenvalue weighted by Gasteiger charge is 2.30. The fourth-order valence-electron chi connectivity index (χ4n) is 3.26. The first kappa shape index (κ1) is 17.6. The lowest BCUT2D eigenvalue weighted by Gasteiger charge is -2.35. The minimum absolute atomic E-state index is 0.102. The highest BCUT2D eigenvalue weighted by Crippen LogP contribution is 2.21. The number of fused-ring (bicyclic) bond motifs is 1. The molecule has 134 valence electrons. The van der Waals surface area contributed by atoms with Crippen molar-refractivity contribution in [2.75, 3.05) is 26.4 Å². The van der Waals surface area contributed by atoms with Gasteiger partial charge in [0, 0.05) is 43.1 Å². The van der Waals surface area contributed by atoms with Gasteiger partial charge in [-0.2, -0.15) is 0 Å². The summed E-state index contributed by atoms with van der Waals surface area (Å²) in [6.07, 6.45) is 2.35. The van der Waals surface area contributed by atoms with Gasteiger partial charge in [0.1, 0.15) is 0 Å². The zero-order chi connectivity index (χ0) is 18.2. The number of carbonyl (C=O) groups excluding carboxylic acids is 1. The Morgan fingerprint density at radius 2 is 1.88 bits per heavy atom. The van der Waals surface area contributed by atoms with Gasteiger partial charge in [0.15, 0.2) is 0 Å². The summed E-state index contributed by atoms with van der Waals surface area (Å²) in [5.74, 6) is -0.192. The van der Waals surface area contributed by atoms with Crippen LogP contribution in [0.2, 0.25) is 0 Å². The molecule has 1 fully saturated rings. The highest BCUT2D eigenvalue weighted by atomic mass is 32.2. The van der Waals surface area contributed by atoms with Crippen LogP contribution in [0.4, 0.5) is 0 Å². The molecule has 1 N–H and O–H groups in total. The smallest absolute Gasteiger partial charge is 0.254 e. The number of nitrogens with one attached hydrogen (secondary N) is 1. The van der Waals surface area contributed by atoms with E-state index in [1.165, 1.54) is 16.6 Å². The number of likely N-dealkylation sites (tertiary alicyclic amines) is 1. The summed E-state index contributed by atoms with van der Waals surface area (Å²) in [7, 11) is -1.67. The lowest BCUT2D eigenvalue weighted by atomic mass is 10.0. The average molecular weight is 363 g/mol. The Morgan fingerprint density at radius 1 is 1.24 bits per heavy atom. The number of sulfonamides is 1. The van der Waals surface area contributed by atoms with Crippen molar-refractivity contribution in [3.63, 3.8) is 0 Å². The van der Waals surface area contributed by atoms with Crippen LogP contribution in [0.25, 0.3) is 10.9 Å². The van der Waals surface area contributed by atoms with Crippen molar-refractivity contribution in [3.8, 4) is 0 Å². The van der Waals surface area contributed by atoms with Gasteiger partial charge in [0.25, 0.3) is 5.91 Å². The summed E-state index contributed by atoms with van der Waals surface area (Å²) in [5, 5.41) is 0.711. The van der Waals surface area contributed by atoms with Crippen LogP contribution in [-0.2, 0) is 10.0 Å². The van der Waals surface area contributed by atoms with Gasteiger partial charge in [-0.15, -0.1) is 0 Å². The van der Waals surface area contributed by atoms with Crippen LogP contribution in [-0.4, -0.2) is 60.9 Å². The quantitative estimate of drug-likeness (QED) is 0.882. The second-order valence-electron chi connectivity index (χ2n) is 6.40. The molecule has 1 aliphatic heterocycles. The summed E-state index contributed by atoms with van der Waals surface area (Å²) < 4.78 is 24.7. The maximum atomic E-state index is 12.9. The molecule has 1 amide bonds. The number of hydrogen-bond donors (Lipinski definition) is 1. The number of pyridine rings is 1. The van der Waals surface area contributed by atoms with E-state index < -0.39 is 10.0 Å². The molecule has 3 rings (SSSR count). The molecule has 0 bridgehead atoms. The standard InChI is InChI=1S/C17H21N3O4S/c1-19(25(2,23)24)12-7-9-20(10-8-12)17(22)14-11-16(21)18-15-6-4-3-5-13(14)15/h3-6,11-12H,7-10H2,1-2H3,(H,18,21). The number of amides is 1. The van der Waals surface area contributed by atoms with E-state index in [9.17, 15) is 18.0 Å². The third kappa shape index (κ3) is 3.59. The Morgan fingerprint density at radius 3 is 2.52 bits per heavy atom. The number of H-pyrrole nitrogens is 1. The number of aromatic amines is 1. The van der Waals surface area contributed by atoms with Gasteiger partial charge in [0.2, 0.25) is 15.6 Å². The molecule has 1 aromatic carbocycles. The average Bonchev–Trinajstić information content (AvgIpc) is 2.59. The second-order valence-corrected chi connectivity index (χ2v) is 8.44. The fourth-order valence-corrected chi connectivity index (χ4v) is 4.01. The minimum Gasteiger partial charge on any atom is -0.339 e. The Hall–Kier alpha value is -2.19. The predicted octanol–water partition coefficient (Wildman–Crippen LogP) is 1.02. The second kappa shape index (κ2) is 6.61. The number of aromatic nitrogens is 1. The summed E-state index contributed by atoms with van der Waals surface area (Å²) in [6, 6.07) is 8.43. The van der Waals surface area contributed by atoms with Crippen LogP contribution in [0, 0.1) is 0 Å². The first-order valence-electron chi connectivity index (χ1n) is 8.12. The molecule has 2 heterocycles. The van der Waals surface area contributed by atoms with Gasteiger partial charge >= 0.3 is 0 Å². The topological polar surface area (TPSA) is 90.6 Å². The number of piperidine rings is 1. The summed E-state index contributed by atoms with van der Waals surface area (Å²) in [6.45, 7) is 0.926. The molecule has 25 heavy (non-hydrogen) atoms. The molecule has 1 aliphatic rings. The SMILES string of the molecule is CN(C1CCN(C(=O)c2cc(=O)[nH]c3ccccc23)CC1)S(C)(=O)=O. The van der Waals surface area contributed by atoms with Crippen LogP contribution in [0.15, 0.2) is 35.1 Å². The number of rotatable bonds is 3. The van der Waals surface area contributed by atoms with Crippen molar-refractivity contribution in [1.82, 2.24) is 14.2 Å². The molecule has 0 spiro atoms. The maximum Gasteiger partial charge on any atom is 0.254 e. The monoisotopic (exact) mass is 363 g/mol. The Bertz CT molecular complexity index is 959. The number of carbonyl (C=O) groups is 1. The number of benzene rings is 1. The van der Waals surface area contributed by atoms with E-state index in [1.54, 1.807) is 24.1 Å². The van der Waals surface area contributed by atoms with Crippen molar-refractivity contribution in [2.45, 2.75) is 18.9 Å². The molecule has 0 unspecified atom stereocenters. The Kier molecular flexibility index (Phi) is 4.66. The molecular formula is C17H21N3O4S. The molecule has 0 atom stereocenters. The summed E-state index contributed by atoms with van der Waals surface area (Å²) in [4.78, 5) is 29.1. The van der Waals surface area contributed by atoms with Crippen molar-refractivity contribution < 1.29 is 13.2 Å². The Balaban J connectivity index is 1.81. The largest absolute Gasteiger partial charge is 0.339 e. The molecule has 7 nitrogen and oxygen atoms in total. The molecule has 1 aromatic heterocycles. The summed E-state index contributed by atoms with van der Waals surface area (Å²) >= 11 is 0. The lowest BCUT2D eigenvalue weighted by Crippen LogP contribution is -2.47. The van der Waals surface area contributed by atoms with E-state index >= 15 is 0 Å². The number of nitrogens with zero attached hydrogens (tertiary/aromatic N) is 2. The van der Waals surface area contributed by atoms with Crippen LogP contribution in [0.1, 0.15) is 23.2 Å². The fraction of sp³-hybridized carbons (Fsp3) is 0.412. The van der Waals surface area contributed by atoms with E-state index in [2.05, 4.69) is 4.98 Å². The third-order valence-corrected chi connectivity index (χ3v) is 6.11. The molecule has 0 aliphatic carbocycles. The van der Waals surface area contributed by atoms with Crippen LogP contribution < -0.4 is 5.56 Å². The molecule has 8 heteroatoms. The zero-order valence-electron chi connectivity index (χ0n) is 14.2. The van der Waals surface area contributed by atoms with Crippen LogP contribution in [0.3, 0.4) is 0 Å². The molecule has 2 aromatic rings. The van der Waals surface area contributed by atoms with E-state index in [0.717, 1.165) is 0 Å². The van der Waals surface area contributed by atoms with Crippen molar-refractivity contribution in [2.24, 2.45) is 0 Å². The molecule has 1 saturated heterocycles. The molecular weight excluding hydrogens is 342 g/mol. The van der Waals surface area contributed by atoms with Gasteiger partial charge in [0.05, 0.1) is 11.8 Å². The van der Waals surface area contributed by atoms with Crippen molar-refractivity contribution in [3.05, 3.63) is 46.2 Å². The number of para-hydroxylation sites is 1. The lowest BCUT2D eigenvalue weighted by molar-refractivity contribution is 0.0688. The first-order chi connectivity index (χ1) is 11.8. The van der Waals surface area contributed by atoms with E-state index in [-0.39, 0.29) is 17.5 Å². The normalized spacial score (nSPS) is 16.5. The van der Waals surface area contributed by atoms with E-state index in [4.69, 9.17) is 0 Å². The minimum atomic E-state index is -3.24. The Labute approximate surface area is 146 Å². The van der Waals surface area contributed by atoms with Crippen molar-refractivity contribution >= 4 is 26.8 Å². The van der Waals surface area contributed by atoms with Crippen LogP contribution >= 0.6 is 0 Å². The zero-order valence-corrected chi connectivity index (χ0v) is 15.0. The third-order valence-electron chi connectivity index (χ3n) is 4.77. The maximum absolute atomic E-state index is 12.9. The first-order valence-corrected chi connectivity index (χ1v) is 9.96. The van der Waals surface area contributed by atoms with Gasteiger partial charge in [-0.3, -0.25) is 9.59 Å². The summed E-state index contributed by atoms with van der Waals surface area (Å²) in [5.41, 5.74) is 0.702. The molecule has 0 radical (unpaired) electrons. The van der Waals surface area contributed by atoms with Gasteiger partial charge in [-0.25, -0.2) is 12.7 Å². The molecule has 0 saturated carbocycles. The number of hydrogen-bond acceptors (Lipinski definition) is 4.